The van der Waals surface area contributed by atoms with Crippen LogP contribution >= 0.6 is 11.6 Å². The number of unbranched alkanes of at least 4 members (excludes halogenated alkanes) is 6. The minimum atomic E-state index is -1.27. The maximum absolute atomic E-state index is 11.8. The van der Waals surface area contributed by atoms with Crippen LogP contribution in [0.2, 0.25) is 0 Å². The molecule has 5 nitrogen and oxygen atoms in total. The molecule has 0 aromatic heterocycles. The maximum Gasteiger partial charge on any atom is 0.318 e. The summed E-state index contributed by atoms with van der Waals surface area (Å²) in [7, 11) is 0. The summed E-state index contributed by atoms with van der Waals surface area (Å²) >= 11 is 5.40. The predicted octanol–water partition coefficient (Wildman–Crippen LogP) is 4.01. The molecule has 0 saturated heterocycles. The van der Waals surface area contributed by atoms with E-state index in [1.165, 1.54) is 0 Å². The fourth-order valence-electron chi connectivity index (χ4n) is 2.00. The van der Waals surface area contributed by atoms with E-state index >= 15 is 0 Å². The number of carbonyl (C=O) groups is 3. The van der Waals surface area contributed by atoms with Gasteiger partial charge in [0.25, 0.3) is 0 Å². The molecule has 0 aromatic carbocycles. The number of ether oxygens (including phenoxy) is 2. The zero-order valence-electron chi connectivity index (χ0n) is 14.3. The number of hydrogen-bond donors (Lipinski definition) is 0. The van der Waals surface area contributed by atoms with Gasteiger partial charge >= 0.3 is 11.9 Å². The summed E-state index contributed by atoms with van der Waals surface area (Å²) < 4.78 is 10.0. The second kappa shape index (κ2) is 14.5. The molecule has 1 unspecified atom stereocenters. The van der Waals surface area contributed by atoms with Crippen LogP contribution in [0.5, 0.6) is 0 Å². The highest BCUT2D eigenvalue weighted by atomic mass is 35.5. The molecule has 0 N–H and O–H groups in total. The molecule has 1 atom stereocenters. The lowest BCUT2D eigenvalue weighted by atomic mass is 10.1. The minimum Gasteiger partial charge on any atom is -0.466 e. The van der Waals surface area contributed by atoms with Crippen LogP contribution in [0.3, 0.4) is 0 Å². The van der Waals surface area contributed by atoms with E-state index < -0.39 is 23.1 Å². The molecule has 0 saturated carbocycles. The summed E-state index contributed by atoms with van der Waals surface area (Å²) in [4.78, 5) is 34.8. The third-order valence-electron chi connectivity index (χ3n) is 3.43. The van der Waals surface area contributed by atoms with Crippen LogP contribution in [0.4, 0.5) is 0 Å². The van der Waals surface area contributed by atoms with Gasteiger partial charge in [-0.25, -0.2) is 0 Å². The van der Waals surface area contributed by atoms with Gasteiger partial charge in [0.2, 0.25) is 5.24 Å². The lowest BCUT2D eigenvalue weighted by Crippen LogP contribution is -2.27. The quantitative estimate of drug-likeness (QED) is 0.205. The number of halogens is 1. The number of carbonyl (C=O) groups excluding carboxylic acids is 3. The first-order valence-electron chi connectivity index (χ1n) is 8.54. The summed E-state index contributed by atoms with van der Waals surface area (Å²) in [5.41, 5.74) is 0. The Kier molecular flexibility index (Phi) is 13.8. The van der Waals surface area contributed by atoms with Crippen molar-refractivity contribution in [2.45, 2.75) is 71.6 Å². The summed E-state index contributed by atoms with van der Waals surface area (Å²) in [6.45, 7) is 4.72. The summed E-state index contributed by atoms with van der Waals surface area (Å²) in [6, 6.07) is 0. The third-order valence-corrected chi connectivity index (χ3v) is 3.70. The Morgan fingerprint density at radius 1 is 0.826 bits per heavy atom. The second-order valence-corrected chi connectivity index (χ2v) is 5.94. The Balaban J connectivity index is 4.06. The first-order chi connectivity index (χ1) is 11.0. The molecule has 6 heteroatoms. The number of rotatable bonds is 14. The minimum absolute atomic E-state index is 0.242. The Morgan fingerprint density at radius 2 is 1.35 bits per heavy atom. The smallest absolute Gasteiger partial charge is 0.318 e. The van der Waals surface area contributed by atoms with Gasteiger partial charge in [-0.15, -0.1) is 0 Å². The first-order valence-corrected chi connectivity index (χ1v) is 8.92. The van der Waals surface area contributed by atoms with Crippen molar-refractivity contribution in [3.8, 4) is 0 Å². The highest BCUT2D eigenvalue weighted by Crippen LogP contribution is 2.13. The van der Waals surface area contributed by atoms with Crippen LogP contribution in [0, 0.1) is 5.92 Å². The standard InChI is InChI=1S/C17H29ClO5/c1-3-5-7-9-11-22-15(19)13-14(16(18)20)17(21)23-12-10-8-6-4-2/h14H,3-13H2,1-2H3. The van der Waals surface area contributed by atoms with E-state index in [4.69, 9.17) is 21.1 Å². The summed E-state index contributed by atoms with van der Waals surface area (Å²) in [5.74, 6) is -2.61. The Bertz CT molecular complexity index is 357. The third kappa shape index (κ3) is 12.0. The van der Waals surface area contributed by atoms with Crippen molar-refractivity contribution in [3.05, 3.63) is 0 Å². The van der Waals surface area contributed by atoms with Crippen LogP contribution in [0.15, 0.2) is 0 Å². The molecule has 0 spiro atoms. The molecule has 0 radical (unpaired) electrons. The Hall–Kier alpha value is -1.10. The SMILES string of the molecule is CCCCCCOC(=O)CC(C(=O)Cl)C(=O)OCCCCCC. The van der Waals surface area contributed by atoms with E-state index in [0.29, 0.717) is 6.61 Å². The van der Waals surface area contributed by atoms with E-state index in [-0.39, 0.29) is 13.0 Å². The normalized spacial score (nSPS) is 11.8. The average Bonchev–Trinajstić information content (AvgIpc) is 2.51. The molecule has 134 valence electrons. The van der Waals surface area contributed by atoms with E-state index in [1.807, 2.05) is 0 Å². The van der Waals surface area contributed by atoms with Gasteiger partial charge < -0.3 is 9.47 Å². The van der Waals surface area contributed by atoms with Gasteiger partial charge in [0, 0.05) is 0 Å². The van der Waals surface area contributed by atoms with Gasteiger partial charge in [-0.1, -0.05) is 52.4 Å². The lowest BCUT2D eigenvalue weighted by molar-refractivity contribution is -0.157. The fourth-order valence-corrected chi connectivity index (χ4v) is 2.17. The van der Waals surface area contributed by atoms with Crippen molar-refractivity contribution in [1.29, 1.82) is 0 Å². The molecule has 0 bridgehead atoms. The molecule has 23 heavy (non-hydrogen) atoms. The van der Waals surface area contributed by atoms with E-state index in [0.717, 1.165) is 51.4 Å². The molecule has 0 heterocycles. The number of hydrogen-bond acceptors (Lipinski definition) is 5. The molecule has 0 rings (SSSR count). The van der Waals surface area contributed by atoms with Crippen molar-refractivity contribution in [2.75, 3.05) is 13.2 Å². The van der Waals surface area contributed by atoms with Gasteiger partial charge in [0.1, 0.15) is 5.92 Å². The summed E-state index contributed by atoms with van der Waals surface area (Å²) in [5, 5.41) is -0.883. The molecule has 0 amide bonds. The van der Waals surface area contributed by atoms with Crippen LogP contribution in [-0.2, 0) is 23.9 Å². The lowest BCUT2D eigenvalue weighted by Gasteiger charge is -2.12. The van der Waals surface area contributed by atoms with Crippen molar-refractivity contribution < 1.29 is 23.9 Å². The highest BCUT2D eigenvalue weighted by molar-refractivity contribution is 6.65. The molecule has 0 fully saturated rings. The van der Waals surface area contributed by atoms with Crippen LogP contribution in [0.25, 0.3) is 0 Å². The van der Waals surface area contributed by atoms with E-state index in [2.05, 4.69) is 13.8 Å². The molecule has 0 aliphatic rings. The van der Waals surface area contributed by atoms with Crippen molar-refractivity contribution in [2.24, 2.45) is 5.92 Å². The van der Waals surface area contributed by atoms with Gasteiger partial charge in [0.15, 0.2) is 0 Å². The fraction of sp³-hybridized carbons (Fsp3) is 0.824. The van der Waals surface area contributed by atoms with E-state index in [9.17, 15) is 14.4 Å². The van der Waals surface area contributed by atoms with Gasteiger partial charge in [-0.05, 0) is 24.4 Å². The van der Waals surface area contributed by atoms with Crippen molar-refractivity contribution >= 4 is 28.8 Å². The zero-order chi connectivity index (χ0) is 17.5. The first kappa shape index (κ1) is 21.9. The highest BCUT2D eigenvalue weighted by Gasteiger charge is 2.30. The topological polar surface area (TPSA) is 69.7 Å². The Morgan fingerprint density at radius 3 is 1.83 bits per heavy atom. The number of esters is 2. The van der Waals surface area contributed by atoms with Crippen molar-refractivity contribution in [1.82, 2.24) is 0 Å². The second-order valence-electron chi connectivity index (χ2n) is 5.57. The van der Waals surface area contributed by atoms with Gasteiger partial charge in [-0.2, -0.15) is 0 Å². The van der Waals surface area contributed by atoms with Crippen LogP contribution in [-0.4, -0.2) is 30.4 Å². The van der Waals surface area contributed by atoms with Crippen LogP contribution < -0.4 is 0 Å². The Labute approximate surface area is 144 Å². The average molecular weight is 349 g/mol. The molecular weight excluding hydrogens is 320 g/mol. The van der Waals surface area contributed by atoms with Gasteiger partial charge in [-0.3, -0.25) is 14.4 Å². The van der Waals surface area contributed by atoms with E-state index in [1.54, 1.807) is 0 Å². The molecule has 0 aliphatic heterocycles. The van der Waals surface area contributed by atoms with Crippen LogP contribution in [0.1, 0.15) is 71.6 Å². The zero-order valence-corrected chi connectivity index (χ0v) is 15.0. The molecule has 0 aliphatic carbocycles. The van der Waals surface area contributed by atoms with Gasteiger partial charge in [0.05, 0.1) is 19.6 Å². The molecule has 0 aromatic rings. The predicted molar refractivity (Wildman–Crippen MR) is 89.2 cm³/mol. The summed E-state index contributed by atoms with van der Waals surface area (Å²) in [6.07, 6.45) is 7.45. The maximum atomic E-state index is 11.8. The monoisotopic (exact) mass is 348 g/mol. The largest absolute Gasteiger partial charge is 0.466 e. The van der Waals surface area contributed by atoms with Crippen molar-refractivity contribution in [3.63, 3.8) is 0 Å². The molecular formula is C17H29ClO5.